The van der Waals surface area contributed by atoms with E-state index in [-0.39, 0.29) is 17.4 Å². The third-order valence-corrected chi connectivity index (χ3v) is 3.35. The van der Waals surface area contributed by atoms with E-state index in [0.717, 1.165) is 11.4 Å². The maximum Gasteiger partial charge on any atom is 0.244 e. The van der Waals surface area contributed by atoms with Gasteiger partial charge in [0.25, 0.3) is 0 Å². The number of aromatic nitrogens is 2. The molecule has 2 aromatic rings. The molecule has 0 atom stereocenters. The molecule has 0 radical (unpaired) electrons. The highest BCUT2D eigenvalue weighted by Crippen LogP contribution is 2.15. The van der Waals surface area contributed by atoms with E-state index >= 15 is 0 Å². The van der Waals surface area contributed by atoms with Gasteiger partial charge in [0.05, 0.1) is 17.7 Å². The first-order valence-electron chi connectivity index (χ1n) is 6.16. The molecule has 0 saturated heterocycles. The molecule has 6 heteroatoms. The van der Waals surface area contributed by atoms with Gasteiger partial charge >= 0.3 is 0 Å². The molecule has 3 N–H and O–H groups in total. The molecule has 1 amide bonds. The first kappa shape index (κ1) is 14.2. The Morgan fingerprint density at radius 2 is 2.10 bits per heavy atom. The topological polar surface area (TPSA) is 72.9 Å². The zero-order chi connectivity index (χ0) is 14.7. The van der Waals surface area contributed by atoms with Crippen LogP contribution in [0, 0.1) is 13.8 Å². The van der Waals surface area contributed by atoms with Crippen molar-refractivity contribution < 1.29 is 4.79 Å². The number of imidazole rings is 1. The largest absolute Gasteiger partial charge is 0.389 e. The number of nitrogens with zero attached hydrogens (tertiary/aromatic N) is 2. The number of para-hydroxylation sites is 1. The fourth-order valence-electron chi connectivity index (χ4n) is 1.85. The Kier molecular flexibility index (Phi) is 4.14. The van der Waals surface area contributed by atoms with Crippen molar-refractivity contribution in [2.24, 2.45) is 5.73 Å². The molecule has 0 aliphatic rings. The molecule has 1 heterocycles. The fourth-order valence-corrected chi connectivity index (χ4v) is 2.03. The van der Waals surface area contributed by atoms with Crippen LogP contribution in [0.25, 0.3) is 0 Å². The maximum absolute atomic E-state index is 12.1. The smallest absolute Gasteiger partial charge is 0.244 e. The molecule has 0 spiro atoms. The van der Waals surface area contributed by atoms with Crippen LogP contribution in [0.15, 0.2) is 30.6 Å². The Morgan fingerprint density at radius 3 is 2.70 bits per heavy atom. The van der Waals surface area contributed by atoms with Crippen molar-refractivity contribution in [2.45, 2.75) is 20.4 Å². The molecule has 0 bridgehead atoms. The van der Waals surface area contributed by atoms with E-state index in [1.54, 1.807) is 23.0 Å². The first-order valence-corrected chi connectivity index (χ1v) is 6.57. The normalized spacial score (nSPS) is 10.3. The highest BCUT2D eigenvalue weighted by atomic mass is 32.1. The zero-order valence-corrected chi connectivity index (χ0v) is 12.2. The van der Waals surface area contributed by atoms with Crippen LogP contribution < -0.4 is 11.1 Å². The minimum absolute atomic E-state index is 0.144. The lowest BCUT2D eigenvalue weighted by molar-refractivity contribution is -0.116. The summed E-state index contributed by atoms with van der Waals surface area (Å²) in [6.07, 6.45) is 1.66. The summed E-state index contributed by atoms with van der Waals surface area (Å²) < 4.78 is 1.80. The number of nitrogens with two attached hydrogens (primary N) is 1. The van der Waals surface area contributed by atoms with E-state index in [1.807, 2.05) is 26.0 Å². The Morgan fingerprint density at radius 1 is 1.40 bits per heavy atom. The molecule has 20 heavy (non-hydrogen) atoms. The van der Waals surface area contributed by atoms with Gasteiger partial charge in [-0.15, -0.1) is 0 Å². The zero-order valence-electron chi connectivity index (χ0n) is 11.4. The van der Waals surface area contributed by atoms with Crippen LogP contribution in [0.2, 0.25) is 0 Å². The molecule has 0 aliphatic carbocycles. The minimum Gasteiger partial charge on any atom is -0.389 e. The number of benzene rings is 1. The maximum atomic E-state index is 12.1. The molecule has 5 nitrogen and oxygen atoms in total. The summed E-state index contributed by atoms with van der Waals surface area (Å²) in [6.45, 7) is 4.04. The third-order valence-electron chi connectivity index (χ3n) is 3.13. The van der Waals surface area contributed by atoms with E-state index in [1.165, 1.54) is 0 Å². The summed E-state index contributed by atoms with van der Waals surface area (Å²) in [7, 11) is 0. The first-order chi connectivity index (χ1) is 9.49. The average molecular weight is 288 g/mol. The van der Waals surface area contributed by atoms with Gasteiger partial charge in [0.1, 0.15) is 11.5 Å². The number of anilines is 1. The molecule has 1 aromatic heterocycles. The molecule has 0 aliphatic heterocycles. The van der Waals surface area contributed by atoms with E-state index < -0.39 is 0 Å². The van der Waals surface area contributed by atoms with E-state index in [0.29, 0.717) is 11.3 Å². The highest BCUT2D eigenvalue weighted by Gasteiger charge is 2.10. The quantitative estimate of drug-likeness (QED) is 0.841. The summed E-state index contributed by atoms with van der Waals surface area (Å²) in [5, 5.41) is 2.82. The van der Waals surface area contributed by atoms with Crippen LogP contribution in [0.4, 0.5) is 5.69 Å². The number of hydrogen-bond acceptors (Lipinski definition) is 3. The standard InChI is InChI=1S/C14H16N4OS/c1-9-10(2)18(8-16-9)7-13(19)17-12-6-4-3-5-11(12)14(15)20/h3-6,8H,7H2,1-2H3,(H2,15,20)(H,17,19). The molecule has 0 unspecified atom stereocenters. The van der Waals surface area contributed by atoms with Crippen LogP contribution >= 0.6 is 12.2 Å². The van der Waals surface area contributed by atoms with Crippen molar-refractivity contribution in [3.05, 3.63) is 47.5 Å². The van der Waals surface area contributed by atoms with Crippen molar-refractivity contribution >= 4 is 28.8 Å². The number of nitrogens with one attached hydrogen (secondary N) is 1. The van der Waals surface area contributed by atoms with Gasteiger partial charge < -0.3 is 15.6 Å². The van der Waals surface area contributed by atoms with Gasteiger partial charge in [-0.3, -0.25) is 4.79 Å². The van der Waals surface area contributed by atoms with Crippen LogP contribution in [0.3, 0.4) is 0 Å². The number of rotatable bonds is 4. The Hall–Kier alpha value is -2.21. The summed E-state index contributed by atoms with van der Waals surface area (Å²) in [5.41, 5.74) is 8.81. The number of amides is 1. The number of hydrogen-bond donors (Lipinski definition) is 2. The van der Waals surface area contributed by atoms with Gasteiger partial charge in [0, 0.05) is 11.3 Å². The molecule has 2 rings (SSSR count). The lowest BCUT2D eigenvalue weighted by atomic mass is 10.2. The minimum atomic E-state index is -0.144. The SMILES string of the molecule is Cc1ncn(CC(=O)Nc2ccccc2C(N)=S)c1C. The van der Waals surface area contributed by atoms with Gasteiger partial charge in [-0.25, -0.2) is 4.98 Å². The Labute approximate surface area is 122 Å². The fraction of sp³-hybridized carbons (Fsp3) is 0.214. The molecule has 0 fully saturated rings. The highest BCUT2D eigenvalue weighted by molar-refractivity contribution is 7.80. The van der Waals surface area contributed by atoms with Crippen LogP contribution in [0.1, 0.15) is 17.0 Å². The van der Waals surface area contributed by atoms with Gasteiger partial charge in [-0.1, -0.05) is 24.4 Å². The monoisotopic (exact) mass is 288 g/mol. The van der Waals surface area contributed by atoms with Crippen LogP contribution in [-0.2, 0) is 11.3 Å². The molecule has 0 saturated carbocycles. The van der Waals surface area contributed by atoms with Crippen molar-refractivity contribution in [1.29, 1.82) is 0 Å². The summed E-state index contributed by atoms with van der Waals surface area (Å²) in [4.78, 5) is 16.5. The molecule has 104 valence electrons. The number of aryl methyl sites for hydroxylation is 1. The predicted molar refractivity (Wildman–Crippen MR) is 82.7 cm³/mol. The average Bonchev–Trinajstić information content (AvgIpc) is 2.71. The summed E-state index contributed by atoms with van der Waals surface area (Å²) in [6, 6.07) is 7.21. The van der Waals surface area contributed by atoms with Gasteiger partial charge in [-0.05, 0) is 26.0 Å². The second kappa shape index (κ2) is 5.83. The van der Waals surface area contributed by atoms with Crippen molar-refractivity contribution in [1.82, 2.24) is 9.55 Å². The molecule has 1 aromatic carbocycles. The number of carbonyl (C=O) groups excluding carboxylic acids is 1. The summed E-state index contributed by atoms with van der Waals surface area (Å²) in [5.74, 6) is -0.144. The van der Waals surface area contributed by atoms with E-state index in [4.69, 9.17) is 18.0 Å². The second-order valence-corrected chi connectivity index (χ2v) is 4.94. The lowest BCUT2D eigenvalue weighted by Crippen LogP contribution is -2.21. The van der Waals surface area contributed by atoms with Crippen LogP contribution in [-0.4, -0.2) is 20.4 Å². The lowest BCUT2D eigenvalue weighted by Gasteiger charge is -2.11. The van der Waals surface area contributed by atoms with E-state index in [9.17, 15) is 4.79 Å². The predicted octanol–water partition coefficient (Wildman–Crippen LogP) is 1.77. The second-order valence-electron chi connectivity index (χ2n) is 4.50. The number of thiocarbonyl (C=S) groups is 1. The van der Waals surface area contributed by atoms with E-state index in [2.05, 4.69) is 10.3 Å². The Bertz CT molecular complexity index is 663. The van der Waals surface area contributed by atoms with Gasteiger partial charge in [0.15, 0.2) is 0 Å². The Balaban J connectivity index is 2.13. The van der Waals surface area contributed by atoms with Crippen molar-refractivity contribution in [3.63, 3.8) is 0 Å². The number of carbonyl (C=O) groups is 1. The molecular weight excluding hydrogens is 272 g/mol. The van der Waals surface area contributed by atoms with Gasteiger partial charge in [-0.2, -0.15) is 0 Å². The van der Waals surface area contributed by atoms with Crippen LogP contribution in [0.5, 0.6) is 0 Å². The van der Waals surface area contributed by atoms with Crippen molar-refractivity contribution in [2.75, 3.05) is 5.32 Å². The third kappa shape index (κ3) is 3.03. The van der Waals surface area contributed by atoms with Gasteiger partial charge in [0.2, 0.25) is 5.91 Å². The summed E-state index contributed by atoms with van der Waals surface area (Å²) >= 11 is 4.97. The molecular formula is C14H16N4OS. The van der Waals surface area contributed by atoms with Crippen molar-refractivity contribution in [3.8, 4) is 0 Å².